The van der Waals surface area contributed by atoms with Gasteiger partial charge in [-0.2, -0.15) is 0 Å². The normalized spacial score (nSPS) is 13.3. The fourth-order valence-corrected chi connectivity index (χ4v) is 6.53. The van der Waals surface area contributed by atoms with Gasteiger partial charge in [-0.15, -0.1) is 7.53 Å². The Bertz CT molecular complexity index is 684. The van der Waals surface area contributed by atoms with Gasteiger partial charge in [0.25, 0.3) is 0 Å². The number of hydrogen-bond donors (Lipinski definition) is 0. The van der Waals surface area contributed by atoms with Crippen molar-refractivity contribution in [3.05, 3.63) is 48.5 Å². The summed E-state index contributed by atoms with van der Waals surface area (Å²) < 4.78 is 12.4. The van der Waals surface area contributed by atoms with E-state index in [1.54, 1.807) is 0 Å². The summed E-state index contributed by atoms with van der Waals surface area (Å²) in [6, 6.07) is 16.3. The molecule has 3 aromatic rings. The molecule has 16 heavy (non-hydrogen) atoms. The first-order valence-electron chi connectivity index (χ1n) is 5.18. The smallest absolute Gasteiger partial charge is 0.104 e. The van der Waals surface area contributed by atoms with Crippen molar-refractivity contribution in [2.24, 2.45) is 6.66 Å². The summed E-state index contributed by atoms with van der Waals surface area (Å²) in [6.45, 7) is 2.25. The summed E-state index contributed by atoms with van der Waals surface area (Å²) in [6.07, 6.45) is 0. The molecule has 0 atom stereocenters. The van der Waals surface area contributed by atoms with E-state index in [-0.39, 0.29) is 7.53 Å². The molecule has 1 heterocycles. The summed E-state index contributed by atoms with van der Waals surface area (Å²) in [5.41, 5.74) is 0. The highest BCUT2D eigenvalue weighted by Gasteiger charge is 2.17. The SMILES string of the molecule is Cp1c2ccccc2[p+](=O)c2ccccc21. The maximum Gasteiger partial charge on any atom is 0.417 e. The Labute approximate surface area is 95.5 Å². The van der Waals surface area contributed by atoms with Gasteiger partial charge in [0, 0.05) is 10.2 Å². The lowest BCUT2D eigenvalue weighted by atomic mass is 10.4. The van der Waals surface area contributed by atoms with Crippen LogP contribution in [0, 0.1) is 0 Å². The maximum absolute atomic E-state index is 12.4. The largest absolute Gasteiger partial charge is 0.417 e. The third-order valence-corrected chi connectivity index (χ3v) is 7.16. The number of benzene rings is 2. The molecule has 0 aliphatic rings. The van der Waals surface area contributed by atoms with Crippen LogP contribution in [0.3, 0.4) is 0 Å². The molecule has 1 nitrogen and oxygen atoms in total. The van der Waals surface area contributed by atoms with Crippen LogP contribution >= 0.6 is 14.9 Å². The standard InChI is InChI=1S/C13H11OP2/c1-15-10-6-2-4-8-12(10)16(14)13-9-5-3-7-11(13)15/h2-9H,1H3/q+1. The lowest BCUT2D eigenvalue weighted by Gasteiger charge is -2.00. The fraction of sp³-hybridized carbons (Fsp3) is 0.0769. The van der Waals surface area contributed by atoms with Crippen LogP contribution in [0.1, 0.15) is 0 Å². The van der Waals surface area contributed by atoms with E-state index in [9.17, 15) is 4.57 Å². The summed E-state index contributed by atoms with van der Waals surface area (Å²) in [7, 11) is -1.72. The van der Waals surface area contributed by atoms with E-state index in [0.717, 1.165) is 10.2 Å². The van der Waals surface area contributed by atoms with Crippen molar-refractivity contribution in [2.45, 2.75) is 0 Å². The van der Waals surface area contributed by atoms with Crippen molar-refractivity contribution in [3.8, 4) is 0 Å². The van der Waals surface area contributed by atoms with Gasteiger partial charge in [0.1, 0.15) is 0 Å². The fourth-order valence-electron chi connectivity index (χ4n) is 2.10. The summed E-state index contributed by atoms with van der Waals surface area (Å²) in [4.78, 5) is 0. The second-order valence-corrected chi connectivity index (χ2v) is 7.46. The van der Waals surface area contributed by atoms with E-state index >= 15 is 0 Å². The zero-order valence-corrected chi connectivity index (χ0v) is 10.7. The van der Waals surface area contributed by atoms with E-state index in [1.807, 2.05) is 36.4 Å². The molecule has 0 aliphatic carbocycles. The molecule has 3 rings (SSSR count). The van der Waals surface area contributed by atoms with Crippen LogP contribution in [-0.2, 0) is 11.2 Å². The summed E-state index contributed by atoms with van der Waals surface area (Å²) in [5.74, 6) is 0. The Balaban J connectivity index is 2.73. The van der Waals surface area contributed by atoms with Crippen LogP contribution in [0.4, 0.5) is 0 Å². The third kappa shape index (κ3) is 1.33. The summed E-state index contributed by atoms with van der Waals surface area (Å²) >= 11 is 0. The van der Waals surface area contributed by atoms with E-state index in [2.05, 4.69) is 18.8 Å². The Morgan fingerprint density at radius 1 is 0.875 bits per heavy atom. The van der Waals surface area contributed by atoms with E-state index in [1.165, 1.54) is 10.2 Å². The molecule has 0 bridgehead atoms. The molecule has 0 spiro atoms. The van der Waals surface area contributed by atoms with Crippen LogP contribution in [0.15, 0.2) is 48.5 Å². The van der Waals surface area contributed by atoms with Gasteiger partial charge in [0.15, 0.2) is 0 Å². The highest BCUT2D eigenvalue weighted by atomic mass is 31.1. The highest BCUT2D eigenvalue weighted by molar-refractivity contribution is 7.64. The van der Waals surface area contributed by atoms with Crippen molar-refractivity contribution >= 4 is 35.4 Å². The number of aryl methyl sites for hydroxylation is 1. The van der Waals surface area contributed by atoms with Crippen molar-refractivity contribution in [1.82, 2.24) is 0 Å². The van der Waals surface area contributed by atoms with Crippen LogP contribution < -0.4 is 0 Å². The predicted octanol–water partition coefficient (Wildman–Crippen LogP) is 5.26. The van der Waals surface area contributed by atoms with Crippen molar-refractivity contribution in [2.75, 3.05) is 0 Å². The van der Waals surface area contributed by atoms with Crippen LogP contribution in [0.2, 0.25) is 0 Å². The first-order chi connectivity index (χ1) is 7.79. The van der Waals surface area contributed by atoms with Crippen LogP contribution in [0.5, 0.6) is 0 Å². The average Bonchev–Trinajstić information content (AvgIpc) is 2.36. The van der Waals surface area contributed by atoms with Gasteiger partial charge in [-0.05, 0) is 30.9 Å². The first-order valence-corrected chi connectivity index (χ1v) is 8.23. The molecular formula is C13H11OP2+. The van der Waals surface area contributed by atoms with E-state index in [0.29, 0.717) is 0 Å². The maximum atomic E-state index is 12.4. The minimum absolute atomic E-state index is 0.334. The first kappa shape index (κ1) is 10.0. The van der Waals surface area contributed by atoms with E-state index < -0.39 is 7.41 Å². The third-order valence-electron chi connectivity index (χ3n) is 2.92. The minimum Gasteiger partial charge on any atom is -0.104 e. The van der Waals surface area contributed by atoms with Gasteiger partial charge in [-0.25, -0.2) is 0 Å². The number of rotatable bonds is 0. The van der Waals surface area contributed by atoms with Crippen molar-refractivity contribution in [1.29, 1.82) is 0 Å². The topological polar surface area (TPSA) is 17.1 Å². The Hall–Kier alpha value is -1.16. The number of fused-ring (bicyclic) bond motifs is 2. The number of hydrogen-bond acceptors (Lipinski definition) is 1. The van der Waals surface area contributed by atoms with Gasteiger partial charge in [0.05, 0.1) is 0 Å². The van der Waals surface area contributed by atoms with Gasteiger partial charge in [0.2, 0.25) is 10.2 Å². The molecule has 0 amide bonds. The predicted molar refractivity (Wildman–Crippen MR) is 72.7 cm³/mol. The molecule has 0 saturated carbocycles. The van der Waals surface area contributed by atoms with Gasteiger partial charge in [-0.3, -0.25) is 0 Å². The van der Waals surface area contributed by atoms with E-state index in [4.69, 9.17) is 0 Å². The molecule has 0 saturated heterocycles. The molecule has 0 aliphatic heterocycles. The zero-order valence-electron chi connectivity index (χ0n) is 8.92. The average molecular weight is 245 g/mol. The van der Waals surface area contributed by atoms with Crippen LogP contribution in [0.25, 0.3) is 20.5 Å². The molecule has 1 aromatic heterocycles. The monoisotopic (exact) mass is 245 g/mol. The minimum atomic E-state index is -1.38. The van der Waals surface area contributed by atoms with Crippen LogP contribution in [-0.4, -0.2) is 0 Å². The van der Waals surface area contributed by atoms with Gasteiger partial charge < -0.3 is 0 Å². The molecule has 3 heteroatoms. The summed E-state index contributed by atoms with van der Waals surface area (Å²) in [5, 5.41) is 4.62. The molecule has 78 valence electrons. The van der Waals surface area contributed by atoms with Crippen molar-refractivity contribution in [3.63, 3.8) is 0 Å². The lowest BCUT2D eigenvalue weighted by Crippen LogP contribution is -1.71. The quantitative estimate of drug-likeness (QED) is 0.494. The molecule has 0 radical (unpaired) electrons. The molecule has 0 N–H and O–H groups in total. The Morgan fingerprint density at radius 2 is 1.31 bits per heavy atom. The lowest BCUT2D eigenvalue weighted by molar-refractivity contribution is 0.602. The zero-order chi connectivity index (χ0) is 11.1. The Morgan fingerprint density at radius 3 is 1.81 bits per heavy atom. The van der Waals surface area contributed by atoms with Gasteiger partial charge >= 0.3 is 7.41 Å². The second-order valence-electron chi connectivity index (χ2n) is 3.83. The molecule has 2 aromatic carbocycles. The second kappa shape index (κ2) is 3.70. The molecule has 0 unspecified atom stereocenters. The van der Waals surface area contributed by atoms with Gasteiger partial charge in [-0.1, -0.05) is 28.8 Å². The molecular weight excluding hydrogens is 234 g/mol. The molecule has 0 fully saturated rings. The Kier molecular flexibility index (Phi) is 2.32. The highest BCUT2D eigenvalue weighted by Crippen LogP contribution is 2.49. The van der Waals surface area contributed by atoms with Crippen molar-refractivity contribution < 1.29 is 4.57 Å².